The molecule has 3 nitrogen and oxygen atoms in total. The maximum Gasteiger partial charge on any atom is 0.225 e. The van der Waals surface area contributed by atoms with Crippen molar-refractivity contribution >= 4 is 5.91 Å². The van der Waals surface area contributed by atoms with Gasteiger partial charge < -0.3 is 9.64 Å². The van der Waals surface area contributed by atoms with Crippen LogP contribution in [-0.2, 0) is 9.53 Å². The van der Waals surface area contributed by atoms with E-state index < -0.39 is 0 Å². The van der Waals surface area contributed by atoms with Gasteiger partial charge in [0.2, 0.25) is 5.91 Å². The van der Waals surface area contributed by atoms with E-state index in [1.54, 1.807) is 0 Å². The summed E-state index contributed by atoms with van der Waals surface area (Å²) >= 11 is 0. The average Bonchev–Trinajstić information content (AvgIpc) is 2.27. The third kappa shape index (κ3) is 2.65. The lowest BCUT2D eigenvalue weighted by Crippen LogP contribution is -2.51. The Kier molecular flexibility index (Phi) is 3.76. The maximum absolute atomic E-state index is 11.9. The van der Waals surface area contributed by atoms with Crippen LogP contribution in [0, 0.1) is 11.3 Å². The molecule has 98 valence electrons. The van der Waals surface area contributed by atoms with Gasteiger partial charge in [-0.1, -0.05) is 13.8 Å². The minimum absolute atomic E-state index is 0.140. The van der Waals surface area contributed by atoms with Crippen LogP contribution in [0.2, 0.25) is 0 Å². The number of ether oxygens (including phenoxy) is 1. The van der Waals surface area contributed by atoms with E-state index in [4.69, 9.17) is 4.74 Å². The van der Waals surface area contributed by atoms with Gasteiger partial charge in [-0.25, -0.2) is 0 Å². The van der Waals surface area contributed by atoms with Gasteiger partial charge in [0.1, 0.15) is 0 Å². The van der Waals surface area contributed by atoms with Gasteiger partial charge in [0, 0.05) is 25.6 Å². The molecule has 1 spiro atoms. The number of likely N-dealkylation sites (tertiary alicyclic amines) is 1. The molecule has 17 heavy (non-hydrogen) atoms. The summed E-state index contributed by atoms with van der Waals surface area (Å²) in [6, 6.07) is 0. The summed E-state index contributed by atoms with van der Waals surface area (Å²) in [6.07, 6.45) is 5.27. The number of amides is 1. The standard InChI is InChI=1S/C14H25NO2/c1-4-17-12-9-14(10-12)5-7-15(8-6-14)13(16)11(2)3/h11-12H,4-10H2,1-3H3. The van der Waals surface area contributed by atoms with Gasteiger partial charge in [-0.2, -0.15) is 0 Å². The molecule has 1 aliphatic carbocycles. The SMILES string of the molecule is CCOC1CC2(CCN(C(=O)C(C)C)CC2)C1. The van der Waals surface area contributed by atoms with E-state index in [1.807, 2.05) is 18.7 Å². The highest BCUT2D eigenvalue weighted by Crippen LogP contribution is 2.50. The van der Waals surface area contributed by atoms with Gasteiger partial charge in [-0.05, 0) is 38.0 Å². The van der Waals surface area contributed by atoms with E-state index in [9.17, 15) is 4.79 Å². The highest BCUT2D eigenvalue weighted by Gasteiger charge is 2.46. The number of rotatable bonds is 3. The van der Waals surface area contributed by atoms with Gasteiger partial charge in [-0.3, -0.25) is 4.79 Å². The van der Waals surface area contributed by atoms with E-state index in [0.717, 1.165) is 19.7 Å². The summed E-state index contributed by atoms with van der Waals surface area (Å²) in [5, 5.41) is 0. The lowest BCUT2D eigenvalue weighted by atomic mass is 9.61. The van der Waals surface area contributed by atoms with Gasteiger partial charge in [-0.15, -0.1) is 0 Å². The summed E-state index contributed by atoms with van der Waals surface area (Å²) in [6.45, 7) is 8.78. The zero-order valence-corrected chi connectivity index (χ0v) is 11.4. The third-order valence-electron chi connectivity index (χ3n) is 4.35. The Morgan fingerprint density at radius 2 is 1.94 bits per heavy atom. The molecule has 2 rings (SSSR count). The van der Waals surface area contributed by atoms with Crippen molar-refractivity contribution < 1.29 is 9.53 Å². The van der Waals surface area contributed by atoms with Crippen molar-refractivity contribution in [2.24, 2.45) is 11.3 Å². The maximum atomic E-state index is 11.9. The molecule has 1 heterocycles. The first-order valence-corrected chi connectivity index (χ1v) is 6.97. The van der Waals surface area contributed by atoms with E-state index in [0.29, 0.717) is 17.4 Å². The second-order valence-electron chi connectivity index (χ2n) is 5.97. The summed E-state index contributed by atoms with van der Waals surface area (Å²) in [4.78, 5) is 13.9. The summed E-state index contributed by atoms with van der Waals surface area (Å²) in [5.41, 5.74) is 0.508. The smallest absolute Gasteiger partial charge is 0.225 e. The van der Waals surface area contributed by atoms with Crippen LogP contribution in [0.4, 0.5) is 0 Å². The second kappa shape index (κ2) is 4.97. The number of carbonyl (C=O) groups excluding carboxylic acids is 1. The summed E-state index contributed by atoms with van der Waals surface area (Å²) < 4.78 is 5.64. The van der Waals surface area contributed by atoms with Gasteiger partial charge >= 0.3 is 0 Å². The molecule has 1 saturated carbocycles. The molecule has 0 bridgehead atoms. The van der Waals surface area contributed by atoms with Crippen LogP contribution >= 0.6 is 0 Å². The Morgan fingerprint density at radius 3 is 2.41 bits per heavy atom. The van der Waals surface area contributed by atoms with E-state index in [-0.39, 0.29) is 5.92 Å². The average molecular weight is 239 g/mol. The van der Waals surface area contributed by atoms with Gasteiger partial charge in [0.15, 0.2) is 0 Å². The molecular formula is C14H25NO2. The highest BCUT2D eigenvalue weighted by atomic mass is 16.5. The van der Waals surface area contributed by atoms with Crippen LogP contribution in [0.1, 0.15) is 46.5 Å². The molecule has 0 aromatic carbocycles. The van der Waals surface area contributed by atoms with E-state index in [1.165, 1.54) is 25.7 Å². The fourth-order valence-corrected chi connectivity index (χ4v) is 3.23. The van der Waals surface area contributed by atoms with Crippen molar-refractivity contribution in [3.05, 3.63) is 0 Å². The second-order valence-corrected chi connectivity index (χ2v) is 5.97. The molecule has 0 atom stereocenters. The number of hydrogen-bond acceptors (Lipinski definition) is 2. The molecule has 1 amide bonds. The third-order valence-corrected chi connectivity index (χ3v) is 4.35. The Morgan fingerprint density at radius 1 is 1.35 bits per heavy atom. The number of carbonyl (C=O) groups is 1. The topological polar surface area (TPSA) is 29.5 Å². The monoisotopic (exact) mass is 239 g/mol. The van der Waals surface area contributed by atoms with Crippen LogP contribution in [0.15, 0.2) is 0 Å². The predicted molar refractivity (Wildman–Crippen MR) is 67.7 cm³/mol. The predicted octanol–water partition coefficient (Wildman–Crippen LogP) is 2.45. The van der Waals surface area contributed by atoms with Crippen LogP contribution in [-0.4, -0.2) is 36.6 Å². The van der Waals surface area contributed by atoms with Crippen LogP contribution < -0.4 is 0 Å². The normalized spacial score (nSPS) is 24.1. The summed E-state index contributed by atoms with van der Waals surface area (Å²) in [5.74, 6) is 0.460. The number of hydrogen-bond donors (Lipinski definition) is 0. The molecule has 0 unspecified atom stereocenters. The van der Waals surface area contributed by atoms with Crippen molar-refractivity contribution in [1.82, 2.24) is 4.90 Å². The zero-order valence-electron chi connectivity index (χ0n) is 11.4. The van der Waals surface area contributed by atoms with Crippen molar-refractivity contribution in [3.63, 3.8) is 0 Å². The molecule has 0 N–H and O–H groups in total. The first-order valence-electron chi connectivity index (χ1n) is 6.97. The van der Waals surface area contributed by atoms with E-state index >= 15 is 0 Å². The Balaban J connectivity index is 1.78. The van der Waals surface area contributed by atoms with Gasteiger partial charge in [0.05, 0.1) is 6.10 Å². The van der Waals surface area contributed by atoms with Gasteiger partial charge in [0.25, 0.3) is 0 Å². The fraction of sp³-hybridized carbons (Fsp3) is 0.929. The van der Waals surface area contributed by atoms with E-state index in [2.05, 4.69) is 6.92 Å². The largest absolute Gasteiger partial charge is 0.378 e. The molecule has 2 fully saturated rings. The molecule has 1 saturated heterocycles. The Bertz CT molecular complexity index is 272. The summed E-state index contributed by atoms with van der Waals surface area (Å²) in [7, 11) is 0. The van der Waals surface area contributed by atoms with Crippen LogP contribution in [0.25, 0.3) is 0 Å². The molecule has 1 aliphatic heterocycles. The highest BCUT2D eigenvalue weighted by molar-refractivity contribution is 5.78. The molecular weight excluding hydrogens is 214 g/mol. The molecule has 0 aromatic rings. The molecule has 0 aromatic heterocycles. The van der Waals surface area contributed by atoms with Crippen molar-refractivity contribution in [2.75, 3.05) is 19.7 Å². The van der Waals surface area contributed by atoms with Crippen molar-refractivity contribution in [2.45, 2.75) is 52.6 Å². The lowest BCUT2D eigenvalue weighted by molar-refractivity contribution is -0.142. The minimum atomic E-state index is 0.140. The van der Waals surface area contributed by atoms with Crippen LogP contribution in [0.3, 0.4) is 0 Å². The zero-order chi connectivity index (χ0) is 12.5. The minimum Gasteiger partial charge on any atom is -0.378 e. The number of piperidine rings is 1. The molecule has 0 radical (unpaired) electrons. The first kappa shape index (κ1) is 12.9. The molecule has 3 heteroatoms. The Labute approximate surface area is 105 Å². The molecule has 2 aliphatic rings. The van der Waals surface area contributed by atoms with Crippen molar-refractivity contribution in [1.29, 1.82) is 0 Å². The quantitative estimate of drug-likeness (QED) is 0.757. The lowest BCUT2D eigenvalue weighted by Gasteiger charge is -2.52. The first-order chi connectivity index (χ1) is 8.06. The fourth-order valence-electron chi connectivity index (χ4n) is 3.23. The number of nitrogens with zero attached hydrogens (tertiary/aromatic N) is 1. The van der Waals surface area contributed by atoms with Crippen molar-refractivity contribution in [3.8, 4) is 0 Å². The van der Waals surface area contributed by atoms with Crippen LogP contribution in [0.5, 0.6) is 0 Å². The Hall–Kier alpha value is -0.570.